The Balaban J connectivity index is 1.49. The number of nitrogens with zero attached hydrogens (tertiary/aromatic N) is 2. The molecule has 0 atom stereocenters. The smallest absolute Gasteiger partial charge is 0.348 e. The first-order valence-electron chi connectivity index (χ1n) is 11.3. The number of aromatic nitrogens is 1. The number of nitrogens with two attached hydrogens (primary N) is 1. The molecule has 0 radical (unpaired) electrons. The largest absolute Gasteiger partial charge is 0.398 e. The number of benzene rings is 3. The highest BCUT2D eigenvalue weighted by Gasteiger charge is 2.15. The van der Waals surface area contributed by atoms with Gasteiger partial charge in [0.05, 0.1) is 10.9 Å². The number of nitrogens with one attached hydrogen (secondary N) is 1. The highest BCUT2D eigenvalue weighted by Crippen LogP contribution is 2.24. The van der Waals surface area contributed by atoms with E-state index in [4.69, 9.17) is 10.2 Å². The highest BCUT2D eigenvalue weighted by atomic mass is 16.4. The Morgan fingerprint density at radius 2 is 1.79 bits per heavy atom. The quantitative estimate of drug-likeness (QED) is 0.369. The molecule has 3 aromatic carbocycles. The van der Waals surface area contributed by atoms with Crippen LogP contribution in [-0.2, 0) is 17.8 Å². The second kappa shape index (κ2) is 10.2. The molecule has 0 aliphatic heterocycles. The SMILES string of the molecule is CCN(Cc1ccccc1)C(=O)CCc1ccccc1Nc1nc2ccc(N)c(C)c2c(=O)o1. The maximum Gasteiger partial charge on any atom is 0.348 e. The lowest BCUT2D eigenvalue weighted by atomic mass is 10.1. The Labute approximate surface area is 198 Å². The minimum atomic E-state index is -0.496. The molecule has 174 valence electrons. The molecule has 1 heterocycles. The van der Waals surface area contributed by atoms with Gasteiger partial charge in [-0.2, -0.15) is 4.98 Å². The molecule has 0 spiro atoms. The number of amides is 1. The first kappa shape index (κ1) is 23.0. The summed E-state index contributed by atoms with van der Waals surface area (Å²) in [6.45, 7) is 4.99. The number of hydrogen-bond donors (Lipinski definition) is 2. The molecule has 1 aromatic heterocycles. The van der Waals surface area contributed by atoms with Gasteiger partial charge in [0.25, 0.3) is 0 Å². The van der Waals surface area contributed by atoms with Crippen molar-refractivity contribution in [3.8, 4) is 0 Å². The van der Waals surface area contributed by atoms with Crippen LogP contribution in [0.1, 0.15) is 30.0 Å². The normalized spacial score (nSPS) is 10.9. The number of anilines is 3. The lowest BCUT2D eigenvalue weighted by molar-refractivity contribution is -0.131. The van der Waals surface area contributed by atoms with Crippen LogP contribution in [0.3, 0.4) is 0 Å². The molecule has 1 amide bonds. The van der Waals surface area contributed by atoms with Crippen LogP contribution in [0.2, 0.25) is 0 Å². The fraction of sp³-hybridized carbons (Fsp3) is 0.222. The van der Waals surface area contributed by atoms with E-state index in [1.54, 1.807) is 19.1 Å². The standard InChI is InChI=1S/C27H28N4O3/c1-3-31(17-19-9-5-4-6-10-19)24(32)16-13-20-11-7-8-12-22(20)29-27-30-23-15-14-21(28)18(2)25(23)26(33)34-27/h4-12,14-15H,3,13,16-17,28H2,1-2H3,(H,29,30). The van der Waals surface area contributed by atoms with Gasteiger partial charge in [-0.1, -0.05) is 48.5 Å². The van der Waals surface area contributed by atoms with Crippen molar-refractivity contribution in [2.45, 2.75) is 33.2 Å². The molecule has 7 heteroatoms. The van der Waals surface area contributed by atoms with E-state index in [0.717, 1.165) is 16.8 Å². The summed E-state index contributed by atoms with van der Waals surface area (Å²) in [5.74, 6) is 0.0876. The Hall–Kier alpha value is -4.13. The van der Waals surface area contributed by atoms with Gasteiger partial charge in [-0.05, 0) is 55.2 Å². The Morgan fingerprint density at radius 1 is 1.06 bits per heavy atom. The number of para-hydroxylation sites is 1. The van der Waals surface area contributed by atoms with Crippen molar-refractivity contribution in [3.63, 3.8) is 0 Å². The molecule has 0 fully saturated rings. The molecule has 3 N–H and O–H groups in total. The van der Waals surface area contributed by atoms with Gasteiger partial charge >= 0.3 is 11.6 Å². The predicted octanol–water partition coefficient (Wildman–Crippen LogP) is 4.80. The summed E-state index contributed by atoms with van der Waals surface area (Å²) < 4.78 is 5.42. The number of hydrogen-bond acceptors (Lipinski definition) is 6. The Bertz CT molecular complexity index is 1370. The highest BCUT2D eigenvalue weighted by molar-refractivity contribution is 5.86. The fourth-order valence-corrected chi connectivity index (χ4v) is 3.94. The molecule has 0 saturated heterocycles. The third kappa shape index (κ3) is 5.09. The van der Waals surface area contributed by atoms with Crippen molar-refractivity contribution in [3.05, 3.63) is 93.8 Å². The van der Waals surface area contributed by atoms with Crippen LogP contribution < -0.4 is 16.7 Å². The van der Waals surface area contributed by atoms with Crippen molar-refractivity contribution < 1.29 is 9.21 Å². The van der Waals surface area contributed by atoms with Gasteiger partial charge in [-0.15, -0.1) is 0 Å². The summed E-state index contributed by atoms with van der Waals surface area (Å²) in [4.78, 5) is 31.8. The summed E-state index contributed by atoms with van der Waals surface area (Å²) in [7, 11) is 0. The lowest BCUT2D eigenvalue weighted by Crippen LogP contribution is -2.30. The van der Waals surface area contributed by atoms with Gasteiger partial charge in [-0.3, -0.25) is 4.79 Å². The molecular formula is C27H28N4O3. The van der Waals surface area contributed by atoms with E-state index < -0.39 is 5.63 Å². The molecule has 4 aromatic rings. The second-order valence-electron chi connectivity index (χ2n) is 8.16. The number of nitrogen functional groups attached to an aromatic ring is 1. The molecule has 4 rings (SSSR count). The fourth-order valence-electron chi connectivity index (χ4n) is 3.94. The summed E-state index contributed by atoms with van der Waals surface area (Å²) in [5, 5.41) is 3.49. The van der Waals surface area contributed by atoms with Crippen molar-refractivity contribution in [2.24, 2.45) is 0 Å². The zero-order valence-corrected chi connectivity index (χ0v) is 19.4. The van der Waals surface area contributed by atoms with Crippen LogP contribution in [0.25, 0.3) is 10.9 Å². The number of fused-ring (bicyclic) bond motifs is 1. The van der Waals surface area contributed by atoms with Crippen LogP contribution in [0.5, 0.6) is 0 Å². The number of carbonyl (C=O) groups excluding carboxylic acids is 1. The second-order valence-corrected chi connectivity index (χ2v) is 8.16. The van der Waals surface area contributed by atoms with Crippen molar-refractivity contribution in [1.29, 1.82) is 0 Å². The monoisotopic (exact) mass is 456 g/mol. The summed E-state index contributed by atoms with van der Waals surface area (Å²) >= 11 is 0. The van der Waals surface area contributed by atoms with E-state index >= 15 is 0 Å². The molecule has 0 aliphatic rings. The van der Waals surface area contributed by atoms with Gasteiger partial charge in [0, 0.05) is 30.9 Å². The minimum absolute atomic E-state index is 0.0876. The van der Waals surface area contributed by atoms with Gasteiger partial charge in [-0.25, -0.2) is 4.79 Å². The van der Waals surface area contributed by atoms with E-state index in [1.165, 1.54) is 0 Å². The summed E-state index contributed by atoms with van der Waals surface area (Å²) in [5.41, 5.74) is 9.88. The first-order valence-corrected chi connectivity index (χ1v) is 11.3. The van der Waals surface area contributed by atoms with Gasteiger partial charge in [0.2, 0.25) is 5.91 Å². The van der Waals surface area contributed by atoms with Crippen LogP contribution in [-0.4, -0.2) is 22.3 Å². The van der Waals surface area contributed by atoms with Crippen LogP contribution in [0.4, 0.5) is 17.4 Å². The third-order valence-electron chi connectivity index (χ3n) is 5.92. The average molecular weight is 457 g/mol. The van der Waals surface area contributed by atoms with E-state index in [0.29, 0.717) is 48.1 Å². The van der Waals surface area contributed by atoms with Gasteiger partial charge in [0.1, 0.15) is 0 Å². The number of carbonyl (C=O) groups is 1. The average Bonchev–Trinajstić information content (AvgIpc) is 2.84. The summed E-state index contributed by atoms with van der Waals surface area (Å²) in [6, 6.07) is 21.1. The van der Waals surface area contributed by atoms with E-state index in [2.05, 4.69) is 10.3 Å². The molecule has 7 nitrogen and oxygen atoms in total. The number of rotatable bonds is 8. The van der Waals surface area contributed by atoms with Crippen molar-refractivity contribution in [2.75, 3.05) is 17.6 Å². The van der Waals surface area contributed by atoms with E-state index in [-0.39, 0.29) is 11.9 Å². The molecule has 0 saturated carbocycles. The van der Waals surface area contributed by atoms with Crippen LogP contribution in [0, 0.1) is 6.92 Å². The van der Waals surface area contributed by atoms with E-state index in [1.807, 2.05) is 66.4 Å². The maximum absolute atomic E-state index is 12.9. The first-order chi connectivity index (χ1) is 16.5. The third-order valence-corrected chi connectivity index (χ3v) is 5.92. The predicted molar refractivity (Wildman–Crippen MR) is 135 cm³/mol. The molecule has 34 heavy (non-hydrogen) atoms. The van der Waals surface area contributed by atoms with E-state index in [9.17, 15) is 9.59 Å². The van der Waals surface area contributed by atoms with Crippen LogP contribution >= 0.6 is 0 Å². The topological polar surface area (TPSA) is 101 Å². The minimum Gasteiger partial charge on any atom is -0.398 e. The number of aryl methyl sites for hydroxylation is 2. The van der Waals surface area contributed by atoms with Gasteiger partial charge in [0.15, 0.2) is 0 Å². The lowest BCUT2D eigenvalue weighted by Gasteiger charge is -2.21. The Morgan fingerprint density at radius 3 is 2.56 bits per heavy atom. The van der Waals surface area contributed by atoms with Crippen molar-refractivity contribution in [1.82, 2.24) is 9.88 Å². The molecule has 0 aliphatic carbocycles. The molecular weight excluding hydrogens is 428 g/mol. The van der Waals surface area contributed by atoms with Crippen molar-refractivity contribution >= 4 is 34.2 Å². The Kier molecular flexibility index (Phi) is 6.92. The van der Waals surface area contributed by atoms with Gasteiger partial charge < -0.3 is 20.4 Å². The zero-order chi connectivity index (χ0) is 24.1. The van der Waals surface area contributed by atoms with Crippen LogP contribution in [0.15, 0.2) is 75.9 Å². The zero-order valence-electron chi connectivity index (χ0n) is 19.4. The molecule has 0 bridgehead atoms. The summed E-state index contributed by atoms with van der Waals surface area (Å²) in [6.07, 6.45) is 0.910. The molecule has 0 unspecified atom stereocenters. The maximum atomic E-state index is 12.9.